The molecular formula is C19H32N2O2. The number of rotatable bonds is 5. The maximum Gasteiger partial charge on any atom is 0.407 e. The Hall–Kier alpha value is -1.58. The van der Waals surface area contributed by atoms with E-state index < -0.39 is 5.60 Å². The van der Waals surface area contributed by atoms with Crippen LogP contribution in [0.4, 0.5) is 4.79 Å². The lowest BCUT2D eigenvalue weighted by atomic mass is 9.87. The van der Waals surface area contributed by atoms with Crippen LogP contribution in [-0.4, -0.2) is 22.7 Å². The van der Waals surface area contributed by atoms with Gasteiger partial charge in [-0.3, -0.25) is 4.98 Å². The number of ether oxygens (including phenoxy) is 1. The molecule has 0 fully saturated rings. The van der Waals surface area contributed by atoms with E-state index in [-0.39, 0.29) is 17.6 Å². The summed E-state index contributed by atoms with van der Waals surface area (Å²) in [6, 6.07) is 2.33. The predicted octanol–water partition coefficient (Wildman–Crippen LogP) is 4.62. The van der Waals surface area contributed by atoms with Gasteiger partial charge in [-0.25, -0.2) is 4.79 Å². The number of carbonyl (C=O) groups excluding carboxylic acids is 1. The van der Waals surface area contributed by atoms with E-state index in [0.717, 1.165) is 19.3 Å². The van der Waals surface area contributed by atoms with E-state index in [2.05, 4.69) is 44.1 Å². The number of hydrogen-bond donors (Lipinski definition) is 1. The number of alkyl carbamates (subject to hydrolysis) is 1. The van der Waals surface area contributed by atoms with Crippen molar-refractivity contribution in [3.8, 4) is 0 Å². The van der Waals surface area contributed by atoms with Crippen LogP contribution in [-0.2, 0) is 16.6 Å². The monoisotopic (exact) mass is 320 g/mol. The summed E-state index contributed by atoms with van der Waals surface area (Å²) in [5, 5.41) is 2.96. The molecule has 0 bridgehead atoms. The topological polar surface area (TPSA) is 51.2 Å². The van der Waals surface area contributed by atoms with Gasteiger partial charge in [0.25, 0.3) is 0 Å². The molecule has 1 amide bonds. The van der Waals surface area contributed by atoms with Gasteiger partial charge >= 0.3 is 6.09 Å². The van der Waals surface area contributed by atoms with Crippen LogP contribution in [0.1, 0.15) is 72.4 Å². The number of pyridine rings is 1. The molecule has 0 saturated carbocycles. The summed E-state index contributed by atoms with van der Waals surface area (Å²) in [6.45, 7) is 14.3. The number of nitrogens with zero attached hydrogens (tertiary/aromatic N) is 1. The van der Waals surface area contributed by atoms with Crippen LogP contribution in [0.25, 0.3) is 0 Å². The molecule has 0 spiro atoms. The normalized spacial score (nSPS) is 13.5. The van der Waals surface area contributed by atoms with Crippen LogP contribution >= 0.6 is 0 Å². The molecule has 4 nitrogen and oxygen atoms in total. The summed E-state index contributed by atoms with van der Waals surface area (Å²) in [5.41, 5.74) is 2.08. The first-order valence-corrected chi connectivity index (χ1v) is 8.45. The van der Waals surface area contributed by atoms with Crippen molar-refractivity contribution in [2.24, 2.45) is 0 Å². The number of hydrogen-bond acceptors (Lipinski definition) is 3. The molecule has 0 aliphatic heterocycles. The van der Waals surface area contributed by atoms with E-state index in [4.69, 9.17) is 4.74 Å². The van der Waals surface area contributed by atoms with Crippen molar-refractivity contribution in [3.63, 3.8) is 0 Å². The van der Waals surface area contributed by atoms with Crippen molar-refractivity contribution in [2.45, 2.75) is 84.8 Å². The second kappa shape index (κ2) is 7.80. The Balaban J connectivity index is 2.60. The molecule has 0 radical (unpaired) electrons. The first-order valence-electron chi connectivity index (χ1n) is 8.45. The van der Waals surface area contributed by atoms with Crippen molar-refractivity contribution in [3.05, 3.63) is 29.6 Å². The van der Waals surface area contributed by atoms with Crippen LogP contribution in [0, 0.1) is 0 Å². The minimum Gasteiger partial charge on any atom is -0.444 e. The van der Waals surface area contributed by atoms with Crippen molar-refractivity contribution in [1.82, 2.24) is 10.3 Å². The summed E-state index contributed by atoms with van der Waals surface area (Å²) in [4.78, 5) is 16.2. The maximum absolute atomic E-state index is 11.9. The molecule has 4 heteroatoms. The highest BCUT2D eigenvalue weighted by atomic mass is 16.6. The third-order valence-electron chi connectivity index (χ3n) is 3.66. The number of aryl methyl sites for hydroxylation is 1. The first-order chi connectivity index (χ1) is 10.5. The molecule has 0 aromatic carbocycles. The third kappa shape index (κ3) is 7.49. The van der Waals surface area contributed by atoms with E-state index in [0.29, 0.717) is 0 Å². The zero-order valence-electron chi connectivity index (χ0n) is 15.7. The molecule has 0 unspecified atom stereocenters. The molecule has 1 aromatic rings. The van der Waals surface area contributed by atoms with Crippen LogP contribution < -0.4 is 5.32 Å². The Bertz CT molecular complexity index is 513. The van der Waals surface area contributed by atoms with Gasteiger partial charge in [0, 0.05) is 18.4 Å². The van der Waals surface area contributed by atoms with Crippen molar-refractivity contribution in [2.75, 3.05) is 0 Å². The van der Waals surface area contributed by atoms with Gasteiger partial charge in [-0.05, 0) is 56.6 Å². The molecule has 23 heavy (non-hydrogen) atoms. The quantitative estimate of drug-likeness (QED) is 0.861. The fourth-order valence-corrected chi connectivity index (χ4v) is 2.23. The molecule has 1 aromatic heterocycles. The average molecular weight is 320 g/mol. The minimum absolute atomic E-state index is 0.0991. The maximum atomic E-state index is 11.9. The molecule has 0 aliphatic carbocycles. The number of carbonyl (C=O) groups is 1. The molecule has 1 heterocycles. The minimum atomic E-state index is -0.465. The van der Waals surface area contributed by atoms with Gasteiger partial charge in [0.05, 0.1) is 0 Å². The van der Waals surface area contributed by atoms with E-state index in [1.165, 1.54) is 11.1 Å². The van der Waals surface area contributed by atoms with E-state index in [1.807, 2.05) is 33.2 Å². The van der Waals surface area contributed by atoms with Gasteiger partial charge in [0.1, 0.15) is 5.60 Å². The Morgan fingerprint density at radius 2 is 1.87 bits per heavy atom. The molecule has 1 rings (SSSR count). The van der Waals surface area contributed by atoms with Gasteiger partial charge in [-0.15, -0.1) is 0 Å². The van der Waals surface area contributed by atoms with Gasteiger partial charge in [0.15, 0.2) is 0 Å². The highest BCUT2D eigenvalue weighted by Gasteiger charge is 2.19. The number of nitrogens with one attached hydrogen (secondary N) is 1. The standard InChI is InChI=1S/C19H32N2O2/c1-8-16(21-17(22)23-19(5,6)7)10-9-14-11-15(13-20-12-14)18(2,3)4/h11-13,16H,8-10H2,1-7H3,(H,21,22)/t16-/m1/s1. The fourth-order valence-electron chi connectivity index (χ4n) is 2.23. The van der Waals surface area contributed by atoms with Crippen molar-refractivity contribution in [1.29, 1.82) is 0 Å². The molecule has 0 aliphatic rings. The summed E-state index contributed by atoms with van der Waals surface area (Å²) < 4.78 is 5.32. The Morgan fingerprint density at radius 3 is 2.39 bits per heavy atom. The van der Waals surface area contributed by atoms with Gasteiger partial charge in [-0.1, -0.05) is 33.8 Å². The van der Waals surface area contributed by atoms with Crippen molar-refractivity contribution < 1.29 is 9.53 Å². The Morgan fingerprint density at radius 1 is 1.22 bits per heavy atom. The van der Waals surface area contributed by atoms with Crippen LogP contribution in [0.15, 0.2) is 18.5 Å². The number of amides is 1. The Kier molecular flexibility index (Phi) is 6.60. The SMILES string of the molecule is CC[C@H](CCc1cncc(C(C)(C)C)c1)NC(=O)OC(C)(C)C. The van der Waals surface area contributed by atoms with E-state index >= 15 is 0 Å². The molecule has 0 saturated heterocycles. The average Bonchev–Trinajstić information content (AvgIpc) is 2.40. The van der Waals surface area contributed by atoms with Crippen LogP contribution in [0.3, 0.4) is 0 Å². The second-order valence-electron chi connectivity index (χ2n) is 8.12. The molecule has 130 valence electrons. The lowest BCUT2D eigenvalue weighted by Crippen LogP contribution is -2.39. The zero-order chi connectivity index (χ0) is 17.7. The third-order valence-corrected chi connectivity index (χ3v) is 3.66. The van der Waals surface area contributed by atoms with Gasteiger partial charge in [0.2, 0.25) is 0 Å². The van der Waals surface area contributed by atoms with Crippen molar-refractivity contribution >= 4 is 6.09 Å². The molecule has 1 atom stereocenters. The number of aromatic nitrogens is 1. The highest BCUT2D eigenvalue weighted by molar-refractivity contribution is 5.68. The molecular weight excluding hydrogens is 288 g/mol. The molecule has 1 N–H and O–H groups in total. The smallest absolute Gasteiger partial charge is 0.407 e. The lowest BCUT2D eigenvalue weighted by molar-refractivity contribution is 0.0500. The van der Waals surface area contributed by atoms with E-state index in [1.54, 1.807) is 0 Å². The van der Waals surface area contributed by atoms with Crippen LogP contribution in [0.5, 0.6) is 0 Å². The first kappa shape index (κ1) is 19.5. The fraction of sp³-hybridized carbons (Fsp3) is 0.684. The highest BCUT2D eigenvalue weighted by Crippen LogP contribution is 2.22. The summed E-state index contributed by atoms with van der Waals surface area (Å²) >= 11 is 0. The van der Waals surface area contributed by atoms with Gasteiger partial charge < -0.3 is 10.1 Å². The second-order valence-corrected chi connectivity index (χ2v) is 8.12. The lowest BCUT2D eigenvalue weighted by Gasteiger charge is -2.23. The summed E-state index contributed by atoms with van der Waals surface area (Å²) in [7, 11) is 0. The predicted molar refractivity (Wildman–Crippen MR) is 94.7 cm³/mol. The summed E-state index contributed by atoms with van der Waals surface area (Å²) in [5.74, 6) is 0. The van der Waals surface area contributed by atoms with Crippen LogP contribution in [0.2, 0.25) is 0 Å². The van der Waals surface area contributed by atoms with E-state index in [9.17, 15) is 4.79 Å². The largest absolute Gasteiger partial charge is 0.444 e. The summed E-state index contributed by atoms with van der Waals surface area (Å²) in [6.07, 6.45) is 6.16. The zero-order valence-corrected chi connectivity index (χ0v) is 15.7. The van der Waals surface area contributed by atoms with Gasteiger partial charge in [-0.2, -0.15) is 0 Å². The Labute approximate surface area is 141 Å².